The summed E-state index contributed by atoms with van der Waals surface area (Å²) in [7, 11) is 1.57. The minimum Gasteiger partial charge on any atom is -0.495 e. The lowest BCUT2D eigenvalue weighted by Gasteiger charge is -2.34. The summed E-state index contributed by atoms with van der Waals surface area (Å²) >= 11 is 6.09. The number of rotatable bonds is 4. The van der Waals surface area contributed by atoms with Gasteiger partial charge in [-0.1, -0.05) is 25.4 Å². The van der Waals surface area contributed by atoms with Crippen LogP contribution in [0.1, 0.15) is 25.8 Å². The molecule has 0 aliphatic carbocycles. The number of amides is 1. The molecule has 1 fully saturated rings. The number of piperidine rings is 1. The number of carbonyl (C=O) groups excluding carboxylic acids is 1. The summed E-state index contributed by atoms with van der Waals surface area (Å²) in [6.45, 7) is 8.77. The Morgan fingerprint density at radius 2 is 2.00 bits per heavy atom. The van der Waals surface area contributed by atoms with Crippen LogP contribution in [-0.2, 0) is 4.79 Å². The summed E-state index contributed by atoms with van der Waals surface area (Å²) in [5, 5.41) is 3.58. The Kier molecular flexibility index (Phi) is 5.70. The highest BCUT2D eigenvalue weighted by Crippen LogP contribution is 2.31. The van der Waals surface area contributed by atoms with Crippen molar-refractivity contribution in [2.75, 3.05) is 32.1 Å². The van der Waals surface area contributed by atoms with Crippen LogP contribution in [0.4, 0.5) is 5.69 Å². The molecule has 22 heavy (non-hydrogen) atoms. The standard InChI is InChI=1S/C17H25ClN2O2/c1-11-5-12(2)9-20(8-11)10-17(21)19-15-6-13(3)14(18)7-16(15)22-4/h6-7,11-12H,5,8-10H2,1-4H3,(H,19,21)/t11-,12-/m0/s1. The van der Waals surface area contributed by atoms with Crippen molar-refractivity contribution in [3.63, 3.8) is 0 Å². The van der Waals surface area contributed by atoms with Crippen molar-refractivity contribution in [3.05, 3.63) is 22.7 Å². The first-order valence-corrected chi connectivity index (χ1v) is 8.13. The van der Waals surface area contributed by atoms with Crippen LogP contribution in [0.25, 0.3) is 0 Å². The van der Waals surface area contributed by atoms with Gasteiger partial charge in [-0.05, 0) is 36.8 Å². The molecule has 0 unspecified atom stereocenters. The van der Waals surface area contributed by atoms with Gasteiger partial charge in [0.05, 0.1) is 19.3 Å². The quantitative estimate of drug-likeness (QED) is 0.920. The fourth-order valence-corrected chi connectivity index (χ4v) is 3.40. The number of halogens is 1. The van der Waals surface area contributed by atoms with Gasteiger partial charge in [0.15, 0.2) is 0 Å². The Balaban J connectivity index is 2.01. The summed E-state index contributed by atoms with van der Waals surface area (Å²) in [5.41, 5.74) is 1.59. The van der Waals surface area contributed by atoms with Gasteiger partial charge in [-0.25, -0.2) is 0 Å². The lowest BCUT2D eigenvalue weighted by Crippen LogP contribution is -2.42. The zero-order valence-corrected chi connectivity index (χ0v) is 14.5. The number of aryl methyl sites for hydroxylation is 1. The molecule has 1 aliphatic heterocycles. The maximum Gasteiger partial charge on any atom is 0.238 e. The predicted molar refractivity (Wildman–Crippen MR) is 90.8 cm³/mol. The number of hydrogen-bond acceptors (Lipinski definition) is 3. The van der Waals surface area contributed by atoms with E-state index in [2.05, 4.69) is 24.1 Å². The van der Waals surface area contributed by atoms with Crippen LogP contribution in [-0.4, -0.2) is 37.6 Å². The summed E-state index contributed by atoms with van der Waals surface area (Å²) in [6.07, 6.45) is 1.24. The summed E-state index contributed by atoms with van der Waals surface area (Å²) < 4.78 is 5.29. The lowest BCUT2D eigenvalue weighted by molar-refractivity contribution is -0.117. The summed E-state index contributed by atoms with van der Waals surface area (Å²) in [6, 6.07) is 3.58. The molecular weight excluding hydrogens is 300 g/mol. The number of methoxy groups -OCH3 is 1. The van der Waals surface area contributed by atoms with E-state index in [9.17, 15) is 4.79 Å². The SMILES string of the molecule is COc1cc(Cl)c(C)cc1NC(=O)CN1C[C@@H](C)C[C@H](C)C1. The Labute approximate surface area is 137 Å². The van der Waals surface area contributed by atoms with E-state index < -0.39 is 0 Å². The number of ether oxygens (including phenoxy) is 1. The van der Waals surface area contributed by atoms with Gasteiger partial charge in [0.25, 0.3) is 0 Å². The molecule has 2 rings (SSSR count). The molecule has 1 heterocycles. The molecule has 4 nitrogen and oxygen atoms in total. The fourth-order valence-electron chi connectivity index (χ4n) is 3.24. The monoisotopic (exact) mass is 324 g/mol. The molecule has 0 radical (unpaired) electrons. The topological polar surface area (TPSA) is 41.6 Å². The van der Waals surface area contributed by atoms with Crippen molar-refractivity contribution in [2.45, 2.75) is 27.2 Å². The number of hydrogen-bond donors (Lipinski definition) is 1. The maximum atomic E-state index is 12.3. The fraction of sp³-hybridized carbons (Fsp3) is 0.588. The predicted octanol–water partition coefficient (Wildman–Crippen LogP) is 3.57. The summed E-state index contributed by atoms with van der Waals surface area (Å²) in [4.78, 5) is 14.5. The molecule has 0 bridgehead atoms. The van der Waals surface area contributed by atoms with Crippen LogP contribution >= 0.6 is 11.6 Å². The van der Waals surface area contributed by atoms with E-state index in [0.717, 1.165) is 18.7 Å². The van der Waals surface area contributed by atoms with Crippen molar-refractivity contribution in [3.8, 4) is 5.75 Å². The molecule has 1 saturated heterocycles. The highest BCUT2D eigenvalue weighted by Gasteiger charge is 2.23. The number of anilines is 1. The van der Waals surface area contributed by atoms with Gasteiger partial charge in [0.2, 0.25) is 5.91 Å². The molecule has 1 amide bonds. The van der Waals surface area contributed by atoms with E-state index in [-0.39, 0.29) is 5.91 Å². The Morgan fingerprint density at radius 3 is 2.59 bits per heavy atom. The summed E-state index contributed by atoms with van der Waals surface area (Å²) in [5.74, 6) is 1.86. The second-order valence-electron chi connectivity index (χ2n) is 6.49. The molecule has 1 N–H and O–H groups in total. The molecule has 0 spiro atoms. The second-order valence-corrected chi connectivity index (χ2v) is 6.90. The molecule has 0 aromatic heterocycles. The van der Waals surface area contributed by atoms with Crippen molar-refractivity contribution in [2.24, 2.45) is 11.8 Å². The van der Waals surface area contributed by atoms with E-state index in [1.807, 2.05) is 13.0 Å². The molecule has 1 aromatic rings. The molecule has 2 atom stereocenters. The van der Waals surface area contributed by atoms with Crippen LogP contribution in [0.2, 0.25) is 5.02 Å². The van der Waals surface area contributed by atoms with Crippen molar-refractivity contribution < 1.29 is 9.53 Å². The van der Waals surface area contributed by atoms with Crippen LogP contribution in [0.15, 0.2) is 12.1 Å². The van der Waals surface area contributed by atoms with Gasteiger partial charge < -0.3 is 10.1 Å². The minimum atomic E-state index is -0.0127. The zero-order chi connectivity index (χ0) is 16.3. The van der Waals surface area contributed by atoms with E-state index in [0.29, 0.717) is 34.8 Å². The zero-order valence-electron chi connectivity index (χ0n) is 13.8. The Morgan fingerprint density at radius 1 is 1.36 bits per heavy atom. The number of nitrogens with zero attached hydrogens (tertiary/aromatic N) is 1. The van der Waals surface area contributed by atoms with E-state index >= 15 is 0 Å². The minimum absolute atomic E-state index is 0.0127. The first kappa shape index (κ1) is 17.1. The van der Waals surface area contributed by atoms with Gasteiger partial charge in [-0.15, -0.1) is 0 Å². The molecule has 122 valence electrons. The van der Waals surface area contributed by atoms with Crippen molar-refractivity contribution in [1.82, 2.24) is 4.90 Å². The van der Waals surface area contributed by atoms with E-state index in [1.165, 1.54) is 6.42 Å². The third kappa shape index (κ3) is 4.37. The first-order chi connectivity index (χ1) is 10.4. The molecule has 5 heteroatoms. The molecule has 1 aromatic carbocycles. The van der Waals surface area contributed by atoms with Crippen LogP contribution in [0.3, 0.4) is 0 Å². The first-order valence-electron chi connectivity index (χ1n) is 7.75. The molecule has 1 aliphatic rings. The van der Waals surface area contributed by atoms with Gasteiger partial charge >= 0.3 is 0 Å². The maximum absolute atomic E-state index is 12.3. The number of carbonyl (C=O) groups is 1. The third-order valence-electron chi connectivity index (χ3n) is 4.07. The molecule has 0 saturated carbocycles. The largest absolute Gasteiger partial charge is 0.495 e. The van der Waals surface area contributed by atoms with E-state index in [1.54, 1.807) is 13.2 Å². The van der Waals surface area contributed by atoms with Crippen LogP contribution in [0.5, 0.6) is 5.75 Å². The Bertz CT molecular complexity index is 538. The van der Waals surface area contributed by atoms with Gasteiger partial charge in [-0.2, -0.15) is 0 Å². The smallest absolute Gasteiger partial charge is 0.238 e. The van der Waals surface area contributed by atoms with Gasteiger partial charge in [0.1, 0.15) is 5.75 Å². The van der Waals surface area contributed by atoms with Crippen LogP contribution < -0.4 is 10.1 Å². The second kappa shape index (κ2) is 7.34. The lowest BCUT2D eigenvalue weighted by atomic mass is 9.92. The average Bonchev–Trinajstić information content (AvgIpc) is 2.41. The highest BCUT2D eigenvalue weighted by molar-refractivity contribution is 6.31. The number of likely N-dealkylation sites (tertiary alicyclic amines) is 1. The number of nitrogens with one attached hydrogen (secondary N) is 1. The van der Waals surface area contributed by atoms with E-state index in [4.69, 9.17) is 16.3 Å². The average molecular weight is 325 g/mol. The van der Waals surface area contributed by atoms with Crippen LogP contribution in [0, 0.1) is 18.8 Å². The van der Waals surface area contributed by atoms with Gasteiger partial charge in [0, 0.05) is 24.2 Å². The Hall–Kier alpha value is -1.26. The normalized spacial score (nSPS) is 22.4. The van der Waals surface area contributed by atoms with Gasteiger partial charge in [-0.3, -0.25) is 9.69 Å². The third-order valence-corrected chi connectivity index (χ3v) is 4.47. The molecular formula is C17H25ClN2O2. The number of benzene rings is 1. The highest BCUT2D eigenvalue weighted by atomic mass is 35.5. The van der Waals surface area contributed by atoms with Crippen molar-refractivity contribution in [1.29, 1.82) is 0 Å². The van der Waals surface area contributed by atoms with Crippen molar-refractivity contribution >= 4 is 23.2 Å².